The smallest absolute Gasteiger partial charge is 0.263 e. The second kappa shape index (κ2) is 7.39. The van der Waals surface area contributed by atoms with Crippen LogP contribution in [0.4, 0.5) is 5.13 Å². The number of rotatable bonds is 4. The van der Waals surface area contributed by atoms with Crippen molar-refractivity contribution < 1.29 is 9.32 Å². The van der Waals surface area contributed by atoms with Gasteiger partial charge in [0.2, 0.25) is 0 Å². The van der Waals surface area contributed by atoms with Crippen molar-refractivity contribution in [1.29, 1.82) is 0 Å². The molecule has 134 valence electrons. The summed E-state index contributed by atoms with van der Waals surface area (Å²) in [5.41, 5.74) is 1.86. The first-order valence-corrected chi connectivity index (χ1v) is 9.53. The highest BCUT2D eigenvalue weighted by molar-refractivity contribution is 7.15. The van der Waals surface area contributed by atoms with E-state index in [2.05, 4.69) is 20.8 Å². The SMILES string of the molecule is Cc1onc(-c2ccccc2)c1C(=O)Nc1ncc(C2CCNCC2)s1. The van der Waals surface area contributed by atoms with Crippen LogP contribution in [0.5, 0.6) is 0 Å². The van der Waals surface area contributed by atoms with Crippen molar-refractivity contribution in [2.45, 2.75) is 25.7 Å². The number of nitrogens with zero attached hydrogens (tertiary/aromatic N) is 2. The van der Waals surface area contributed by atoms with Crippen LogP contribution in [0.25, 0.3) is 11.3 Å². The number of carbonyl (C=O) groups excluding carboxylic acids is 1. The van der Waals surface area contributed by atoms with E-state index < -0.39 is 0 Å². The number of hydrogen-bond donors (Lipinski definition) is 2. The molecule has 0 atom stereocenters. The minimum absolute atomic E-state index is 0.242. The molecule has 1 aliphatic heterocycles. The number of hydrogen-bond acceptors (Lipinski definition) is 6. The maximum absolute atomic E-state index is 12.8. The molecule has 0 saturated carbocycles. The lowest BCUT2D eigenvalue weighted by molar-refractivity contribution is 0.102. The minimum atomic E-state index is -0.242. The maximum Gasteiger partial charge on any atom is 0.263 e. The first kappa shape index (κ1) is 16.9. The van der Waals surface area contributed by atoms with E-state index in [1.54, 1.807) is 18.3 Å². The largest absolute Gasteiger partial charge is 0.360 e. The van der Waals surface area contributed by atoms with Gasteiger partial charge in [-0.1, -0.05) is 35.5 Å². The third-order valence-corrected chi connectivity index (χ3v) is 5.70. The highest BCUT2D eigenvalue weighted by Gasteiger charge is 2.23. The number of aromatic nitrogens is 2. The van der Waals surface area contributed by atoms with Crippen LogP contribution < -0.4 is 10.6 Å². The molecule has 2 aromatic heterocycles. The van der Waals surface area contributed by atoms with E-state index in [1.165, 1.54) is 4.88 Å². The van der Waals surface area contributed by atoms with E-state index in [4.69, 9.17) is 4.52 Å². The van der Waals surface area contributed by atoms with Crippen LogP contribution in [0.1, 0.15) is 39.8 Å². The van der Waals surface area contributed by atoms with Gasteiger partial charge in [0.25, 0.3) is 5.91 Å². The van der Waals surface area contributed by atoms with E-state index in [1.807, 2.05) is 36.5 Å². The molecule has 0 spiro atoms. The first-order chi connectivity index (χ1) is 12.7. The number of nitrogens with one attached hydrogen (secondary N) is 2. The number of benzene rings is 1. The highest BCUT2D eigenvalue weighted by Crippen LogP contribution is 2.32. The van der Waals surface area contributed by atoms with E-state index >= 15 is 0 Å². The summed E-state index contributed by atoms with van der Waals surface area (Å²) in [7, 11) is 0. The zero-order chi connectivity index (χ0) is 17.9. The molecule has 3 heterocycles. The Morgan fingerprint density at radius 1 is 1.27 bits per heavy atom. The summed E-state index contributed by atoms with van der Waals surface area (Å²) in [5, 5.41) is 11.0. The van der Waals surface area contributed by atoms with Gasteiger partial charge in [-0.05, 0) is 38.8 Å². The molecule has 7 heteroatoms. The van der Waals surface area contributed by atoms with Gasteiger partial charge in [-0.25, -0.2) is 4.98 Å². The van der Waals surface area contributed by atoms with Gasteiger partial charge in [0.15, 0.2) is 5.13 Å². The lowest BCUT2D eigenvalue weighted by Gasteiger charge is -2.20. The van der Waals surface area contributed by atoms with E-state index in [-0.39, 0.29) is 5.91 Å². The fourth-order valence-corrected chi connectivity index (χ4v) is 4.21. The van der Waals surface area contributed by atoms with Crippen LogP contribution in [-0.4, -0.2) is 29.1 Å². The Morgan fingerprint density at radius 2 is 2.04 bits per heavy atom. The fourth-order valence-electron chi connectivity index (χ4n) is 3.23. The fraction of sp³-hybridized carbons (Fsp3) is 0.316. The molecule has 0 radical (unpaired) electrons. The zero-order valence-corrected chi connectivity index (χ0v) is 15.3. The summed E-state index contributed by atoms with van der Waals surface area (Å²) in [6.07, 6.45) is 4.10. The molecule has 1 aromatic carbocycles. The third-order valence-electron chi connectivity index (χ3n) is 4.62. The first-order valence-electron chi connectivity index (χ1n) is 8.72. The van der Waals surface area contributed by atoms with Crippen molar-refractivity contribution in [1.82, 2.24) is 15.5 Å². The summed E-state index contributed by atoms with van der Waals surface area (Å²) < 4.78 is 5.27. The Kier molecular flexibility index (Phi) is 4.81. The summed E-state index contributed by atoms with van der Waals surface area (Å²) in [6.45, 7) is 3.81. The molecule has 1 fully saturated rings. The number of carbonyl (C=O) groups is 1. The van der Waals surface area contributed by atoms with E-state index in [9.17, 15) is 4.79 Å². The van der Waals surface area contributed by atoms with Crippen LogP contribution in [0.15, 0.2) is 41.1 Å². The third kappa shape index (κ3) is 3.40. The predicted octanol–water partition coefficient (Wildman–Crippen LogP) is 3.83. The quantitative estimate of drug-likeness (QED) is 0.732. The molecule has 6 nitrogen and oxygen atoms in total. The monoisotopic (exact) mass is 368 g/mol. The van der Waals surface area contributed by atoms with Crippen LogP contribution in [0.3, 0.4) is 0 Å². The summed E-state index contributed by atoms with van der Waals surface area (Å²) >= 11 is 1.55. The number of thiazole rings is 1. The van der Waals surface area contributed by atoms with Gasteiger partial charge >= 0.3 is 0 Å². The zero-order valence-electron chi connectivity index (χ0n) is 14.5. The lowest BCUT2D eigenvalue weighted by Crippen LogP contribution is -2.26. The van der Waals surface area contributed by atoms with Crippen LogP contribution in [-0.2, 0) is 0 Å². The number of piperidine rings is 1. The van der Waals surface area contributed by atoms with E-state index in [0.29, 0.717) is 28.1 Å². The molecule has 0 bridgehead atoms. The Hall–Kier alpha value is -2.51. The molecule has 1 amide bonds. The molecule has 1 aliphatic rings. The average Bonchev–Trinajstić information content (AvgIpc) is 3.30. The van der Waals surface area contributed by atoms with Crippen molar-refractivity contribution >= 4 is 22.4 Å². The van der Waals surface area contributed by atoms with E-state index in [0.717, 1.165) is 31.5 Å². The normalized spacial score (nSPS) is 15.1. The molecule has 3 aromatic rings. The van der Waals surface area contributed by atoms with Crippen LogP contribution >= 0.6 is 11.3 Å². The Balaban J connectivity index is 1.54. The molecule has 26 heavy (non-hydrogen) atoms. The summed E-state index contributed by atoms with van der Waals surface area (Å²) in [5.74, 6) is 0.780. The maximum atomic E-state index is 12.8. The van der Waals surface area contributed by atoms with Crippen LogP contribution in [0, 0.1) is 6.92 Å². The van der Waals surface area contributed by atoms with Crippen molar-refractivity contribution in [3.63, 3.8) is 0 Å². The van der Waals surface area contributed by atoms with Crippen molar-refractivity contribution in [2.24, 2.45) is 0 Å². The molecule has 2 N–H and O–H groups in total. The topological polar surface area (TPSA) is 80.1 Å². The predicted molar refractivity (Wildman–Crippen MR) is 102 cm³/mol. The number of aryl methyl sites for hydroxylation is 1. The van der Waals surface area contributed by atoms with Crippen LogP contribution in [0.2, 0.25) is 0 Å². The molecule has 1 saturated heterocycles. The number of anilines is 1. The van der Waals surface area contributed by atoms with Crippen molar-refractivity contribution in [2.75, 3.05) is 18.4 Å². The molecular weight excluding hydrogens is 348 g/mol. The molecular formula is C19H20N4O2S. The van der Waals surface area contributed by atoms with Gasteiger partial charge in [-0.3, -0.25) is 10.1 Å². The number of amides is 1. The highest BCUT2D eigenvalue weighted by atomic mass is 32.1. The Bertz CT molecular complexity index is 897. The Labute approximate surface area is 155 Å². The Morgan fingerprint density at radius 3 is 2.81 bits per heavy atom. The average molecular weight is 368 g/mol. The standard InChI is InChI=1S/C19H20N4O2S/c1-12-16(17(23-25-12)14-5-3-2-4-6-14)18(24)22-19-21-11-15(26-19)13-7-9-20-10-8-13/h2-6,11,13,20H,7-10H2,1H3,(H,21,22,24). The van der Waals surface area contributed by atoms with Gasteiger partial charge in [0.05, 0.1) is 0 Å². The minimum Gasteiger partial charge on any atom is -0.360 e. The van der Waals surface area contributed by atoms with Gasteiger partial charge < -0.3 is 9.84 Å². The molecule has 0 unspecified atom stereocenters. The van der Waals surface area contributed by atoms with Crippen molar-refractivity contribution in [3.05, 3.63) is 52.7 Å². The summed E-state index contributed by atoms with van der Waals surface area (Å²) in [6, 6.07) is 9.56. The van der Waals surface area contributed by atoms with Gasteiger partial charge in [0.1, 0.15) is 17.0 Å². The van der Waals surface area contributed by atoms with Gasteiger partial charge in [0, 0.05) is 16.6 Å². The van der Waals surface area contributed by atoms with Crippen molar-refractivity contribution in [3.8, 4) is 11.3 Å². The lowest BCUT2D eigenvalue weighted by atomic mass is 9.97. The molecule has 0 aliphatic carbocycles. The van der Waals surface area contributed by atoms with Gasteiger partial charge in [-0.15, -0.1) is 11.3 Å². The summed E-state index contributed by atoms with van der Waals surface area (Å²) in [4.78, 5) is 18.4. The second-order valence-corrected chi connectivity index (χ2v) is 7.44. The molecule has 4 rings (SSSR count). The van der Waals surface area contributed by atoms with Gasteiger partial charge in [-0.2, -0.15) is 0 Å². The second-order valence-electron chi connectivity index (χ2n) is 6.37.